The minimum Gasteiger partial charge on any atom is -0.351 e. The predicted molar refractivity (Wildman–Crippen MR) is 58.1 cm³/mol. The van der Waals surface area contributed by atoms with Gasteiger partial charge in [0.05, 0.1) is 0 Å². The lowest BCUT2D eigenvalue weighted by molar-refractivity contribution is -0.125. The van der Waals surface area contributed by atoms with E-state index in [0.29, 0.717) is 17.9 Å². The van der Waals surface area contributed by atoms with Gasteiger partial charge in [0.25, 0.3) is 0 Å². The highest BCUT2D eigenvalue weighted by Crippen LogP contribution is 2.55. The Balaban J connectivity index is 1.85. The highest BCUT2D eigenvalue weighted by Gasteiger charge is 2.54. The maximum absolute atomic E-state index is 11.3. The number of amides is 1. The van der Waals surface area contributed by atoms with E-state index >= 15 is 0 Å². The first-order chi connectivity index (χ1) is 7.08. The van der Waals surface area contributed by atoms with Gasteiger partial charge in [0.1, 0.15) is 0 Å². The van der Waals surface area contributed by atoms with E-state index in [2.05, 4.69) is 5.32 Å². The lowest BCUT2D eigenvalue weighted by atomic mass is 9.51. The first kappa shape index (κ1) is 9.64. The van der Waals surface area contributed by atoms with Crippen molar-refractivity contribution in [3.8, 4) is 0 Å². The predicted octanol–water partition coefficient (Wildman–Crippen LogP) is 1.03. The summed E-state index contributed by atoms with van der Waals surface area (Å²) in [6.07, 6.45) is 6.06. The molecule has 0 aromatic carbocycles. The van der Waals surface area contributed by atoms with Gasteiger partial charge in [-0.15, -0.1) is 0 Å². The standard InChI is InChI=1S/C12H20N2O/c1-7(15)14-12-4-8-2-9(5-12)11(13)10(3-8)6-12/h8-11H,2-6,13H2,1H3,(H,14,15)/t8?,9-,10+,11?,12?. The van der Waals surface area contributed by atoms with Crippen LogP contribution in [0, 0.1) is 17.8 Å². The molecule has 0 aromatic rings. The topological polar surface area (TPSA) is 55.1 Å². The molecule has 5 atom stereocenters. The van der Waals surface area contributed by atoms with Crippen LogP contribution in [0.4, 0.5) is 0 Å². The van der Waals surface area contributed by atoms with Gasteiger partial charge < -0.3 is 11.1 Å². The van der Waals surface area contributed by atoms with E-state index in [1.165, 1.54) is 19.3 Å². The molecular formula is C12H20N2O. The third-order valence-electron chi connectivity index (χ3n) is 4.79. The third-order valence-corrected chi connectivity index (χ3v) is 4.79. The summed E-state index contributed by atoms with van der Waals surface area (Å²) in [7, 11) is 0. The Hall–Kier alpha value is -0.570. The smallest absolute Gasteiger partial charge is 0.217 e. The molecule has 4 saturated carbocycles. The minimum absolute atomic E-state index is 0.123. The monoisotopic (exact) mass is 208 g/mol. The van der Waals surface area contributed by atoms with Crippen LogP contribution in [0.2, 0.25) is 0 Å². The van der Waals surface area contributed by atoms with Crippen molar-refractivity contribution in [1.29, 1.82) is 0 Å². The summed E-state index contributed by atoms with van der Waals surface area (Å²) in [6, 6.07) is 0.406. The Kier molecular flexibility index (Phi) is 1.91. The van der Waals surface area contributed by atoms with Crippen LogP contribution in [0.5, 0.6) is 0 Å². The van der Waals surface area contributed by atoms with Gasteiger partial charge in [-0.3, -0.25) is 4.79 Å². The summed E-state index contributed by atoms with van der Waals surface area (Å²) in [5.74, 6) is 2.30. The molecule has 0 radical (unpaired) electrons. The molecule has 1 amide bonds. The van der Waals surface area contributed by atoms with Gasteiger partial charge in [-0.1, -0.05) is 0 Å². The maximum Gasteiger partial charge on any atom is 0.217 e. The summed E-state index contributed by atoms with van der Waals surface area (Å²) in [5, 5.41) is 3.21. The van der Waals surface area contributed by atoms with E-state index in [1.54, 1.807) is 6.92 Å². The normalized spacial score (nSPS) is 51.9. The zero-order valence-corrected chi connectivity index (χ0v) is 9.33. The average molecular weight is 208 g/mol. The van der Waals surface area contributed by atoms with Crippen molar-refractivity contribution in [3.05, 3.63) is 0 Å². The quantitative estimate of drug-likeness (QED) is 0.676. The van der Waals surface area contributed by atoms with E-state index in [1.807, 2.05) is 0 Å². The molecule has 0 aliphatic heterocycles. The average Bonchev–Trinajstić information content (AvgIpc) is 2.10. The van der Waals surface area contributed by atoms with Crippen LogP contribution in [0.3, 0.4) is 0 Å². The molecule has 4 fully saturated rings. The molecule has 0 spiro atoms. The molecule has 84 valence electrons. The van der Waals surface area contributed by atoms with E-state index in [4.69, 9.17) is 5.73 Å². The lowest BCUT2D eigenvalue weighted by Crippen LogP contribution is -2.65. The Morgan fingerprint density at radius 2 is 1.87 bits per heavy atom. The van der Waals surface area contributed by atoms with Gasteiger partial charge in [-0.05, 0) is 49.9 Å². The second-order valence-corrected chi connectivity index (χ2v) is 6.01. The summed E-state index contributed by atoms with van der Waals surface area (Å²) >= 11 is 0. The summed E-state index contributed by atoms with van der Waals surface area (Å²) in [4.78, 5) is 11.3. The number of hydrogen-bond donors (Lipinski definition) is 2. The fourth-order valence-electron chi connectivity index (χ4n) is 4.59. The van der Waals surface area contributed by atoms with E-state index in [0.717, 1.165) is 18.8 Å². The van der Waals surface area contributed by atoms with Gasteiger partial charge in [0, 0.05) is 18.5 Å². The van der Waals surface area contributed by atoms with Crippen LogP contribution in [0.25, 0.3) is 0 Å². The molecule has 4 bridgehead atoms. The van der Waals surface area contributed by atoms with Crippen LogP contribution in [0.15, 0.2) is 0 Å². The second kappa shape index (κ2) is 2.97. The molecule has 4 aliphatic rings. The highest BCUT2D eigenvalue weighted by molar-refractivity contribution is 5.74. The van der Waals surface area contributed by atoms with Crippen molar-refractivity contribution in [2.75, 3.05) is 0 Å². The Morgan fingerprint density at radius 3 is 2.40 bits per heavy atom. The van der Waals surface area contributed by atoms with Crippen molar-refractivity contribution >= 4 is 5.91 Å². The van der Waals surface area contributed by atoms with Gasteiger partial charge >= 0.3 is 0 Å². The molecule has 15 heavy (non-hydrogen) atoms. The first-order valence-electron chi connectivity index (χ1n) is 6.12. The van der Waals surface area contributed by atoms with Crippen LogP contribution >= 0.6 is 0 Å². The Morgan fingerprint density at radius 1 is 1.27 bits per heavy atom. The fourth-order valence-corrected chi connectivity index (χ4v) is 4.59. The van der Waals surface area contributed by atoms with E-state index in [9.17, 15) is 4.79 Å². The first-order valence-corrected chi connectivity index (χ1v) is 6.12. The molecule has 4 aliphatic carbocycles. The van der Waals surface area contributed by atoms with Crippen LogP contribution in [0.1, 0.15) is 39.0 Å². The molecule has 4 rings (SSSR count). The fraction of sp³-hybridized carbons (Fsp3) is 0.917. The maximum atomic E-state index is 11.3. The number of hydrogen-bond acceptors (Lipinski definition) is 2. The zero-order chi connectivity index (χ0) is 10.6. The van der Waals surface area contributed by atoms with E-state index < -0.39 is 0 Å². The minimum atomic E-state index is 0.123. The van der Waals surface area contributed by atoms with Crippen molar-refractivity contribution in [2.24, 2.45) is 23.5 Å². The molecule has 0 aromatic heterocycles. The van der Waals surface area contributed by atoms with Crippen molar-refractivity contribution in [2.45, 2.75) is 50.6 Å². The van der Waals surface area contributed by atoms with Crippen LogP contribution in [-0.4, -0.2) is 17.5 Å². The Labute approximate surface area is 90.8 Å². The van der Waals surface area contributed by atoms with Crippen LogP contribution < -0.4 is 11.1 Å². The molecule has 0 heterocycles. The second-order valence-electron chi connectivity index (χ2n) is 6.01. The molecular weight excluding hydrogens is 188 g/mol. The summed E-state index contributed by atoms with van der Waals surface area (Å²) < 4.78 is 0. The third kappa shape index (κ3) is 1.40. The number of carbonyl (C=O) groups is 1. The SMILES string of the molecule is CC(=O)NC12CC3C[C@H](C1)C(N)[C@@H](C3)C2. The summed E-state index contributed by atoms with van der Waals surface area (Å²) in [5.41, 5.74) is 6.37. The Bertz CT molecular complexity index is 286. The molecule has 0 saturated heterocycles. The molecule has 3 heteroatoms. The van der Waals surface area contributed by atoms with E-state index in [-0.39, 0.29) is 11.4 Å². The largest absolute Gasteiger partial charge is 0.351 e. The van der Waals surface area contributed by atoms with Gasteiger partial charge in [-0.25, -0.2) is 0 Å². The van der Waals surface area contributed by atoms with Gasteiger partial charge in [0.2, 0.25) is 5.91 Å². The van der Waals surface area contributed by atoms with Gasteiger partial charge in [0.15, 0.2) is 0 Å². The zero-order valence-electron chi connectivity index (χ0n) is 9.33. The molecule has 3 unspecified atom stereocenters. The van der Waals surface area contributed by atoms with Crippen molar-refractivity contribution in [1.82, 2.24) is 5.32 Å². The van der Waals surface area contributed by atoms with Crippen molar-refractivity contribution in [3.63, 3.8) is 0 Å². The summed E-state index contributed by atoms with van der Waals surface area (Å²) in [6.45, 7) is 1.64. The van der Waals surface area contributed by atoms with Crippen molar-refractivity contribution < 1.29 is 4.79 Å². The highest BCUT2D eigenvalue weighted by atomic mass is 16.1. The molecule has 3 N–H and O–H groups in total. The van der Waals surface area contributed by atoms with Gasteiger partial charge in [-0.2, -0.15) is 0 Å². The number of carbonyl (C=O) groups excluding carboxylic acids is 1. The molecule has 3 nitrogen and oxygen atoms in total. The number of nitrogens with two attached hydrogens (primary N) is 1. The lowest BCUT2D eigenvalue weighted by Gasteiger charge is -2.59. The number of rotatable bonds is 1. The number of nitrogens with one attached hydrogen (secondary N) is 1. The van der Waals surface area contributed by atoms with Crippen LogP contribution in [-0.2, 0) is 4.79 Å².